The van der Waals surface area contributed by atoms with Gasteiger partial charge in [0.05, 0.1) is 0 Å². The van der Waals surface area contributed by atoms with Crippen LogP contribution in [-0.4, -0.2) is 83.4 Å². The van der Waals surface area contributed by atoms with Crippen molar-refractivity contribution in [3.63, 3.8) is 0 Å². The van der Waals surface area contributed by atoms with Crippen molar-refractivity contribution in [3.8, 4) is 0 Å². The molecule has 0 saturated carbocycles. The standard InChI is InChI=1S/C14H22N6O4S/c1-11-16-12(10-17(11)2)25(23,24)19-6-3-5-18(8-9-19)14(22)20-7-4-15-13(20)21/h10H,3-9H2,1-2H3,(H,15,21). The van der Waals surface area contributed by atoms with Crippen LogP contribution in [0.15, 0.2) is 11.2 Å². The molecule has 4 amide bonds. The highest BCUT2D eigenvalue weighted by atomic mass is 32.2. The zero-order valence-electron chi connectivity index (χ0n) is 14.3. The summed E-state index contributed by atoms with van der Waals surface area (Å²) in [6.45, 7) is 3.67. The van der Waals surface area contributed by atoms with E-state index in [-0.39, 0.29) is 24.1 Å². The fraction of sp³-hybridized carbons (Fsp3) is 0.643. The average molecular weight is 370 g/mol. The summed E-state index contributed by atoms with van der Waals surface area (Å²) in [7, 11) is -1.95. The lowest BCUT2D eigenvalue weighted by Crippen LogP contribution is -2.46. The van der Waals surface area contributed by atoms with Crippen LogP contribution in [0.3, 0.4) is 0 Å². The molecule has 2 fully saturated rings. The van der Waals surface area contributed by atoms with Crippen molar-refractivity contribution in [1.29, 1.82) is 0 Å². The molecule has 0 radical (unpaired) electrons. The van der Waals surface area contributed by atoms with Crippen LogP contribution in [0, 0.1) is 6.92 Å². The van der Waals surface area contributed by atoms with Gasteiger partial charge in [-0.2, -0.15) is 4.31 Å². The lowest BCUT2D eigenvalue weighted by molar-refractivity contribution is 0.165. The van der Waals surface area contributed by atoms with Gasteiger partial charge in [0.2, 0.25) is 0 Å². The fourth-order valence-corrected chi connectivity index (χ4v) is 4.43. The average Bonchev–Trinajstić information content (AvgIpc) is 3.03. The molecule has 0 aliphatic carbocycles. The van der Waals surface area contributed by atoms with Crippen molar-refractivity contribution in [2.24, 2.45) is 7.05 Å². The van der Waals surface area contributed by atoms with E-state index in [1.165, 1.54) is 15.4 Å². The molecule has 1 aromatic heterocycles. The van der Waals surface area contributed by atoms with Crippen molar-refractivity contribution in [1.82, 2.24) is 29.0 Å². The Kier molecular flexibility index (Phi) is 4.69. The number of aromatic nitrogens is 2. The van der Waals surface area contributed by atoms with Gasteiger partial charge >= 0.3 is 12.1 Å². The highest BCUT2D eigenvalue weighted by molar-refractivity contribution is 7.89. The summed E-state index contributed by atoms with van der Waals surface area (Å²) in [4.78, 5) is 30.9. The summed E-state index contributed by atoms with van der Waals surface area (Å²) in [6, 6.07) is -0.773. The van der Waals surface area contributed by atoms with E-state index in [9.17, 15) is 18.0 Å². The van der Waals surface area contributed by atoms with E-state index in [4.69, 9.17) is 0 Å². The maximum atomic E-state index is 12.8. The molecule has 1 aromatic rings. The van der Waals surface area contributed by atoms with Gasteiger partial charge in [-0.3, -0.25) is 0 Å². The van der Waals surface area contributed by atoms with Gasteiger partial charge in [-0.15, -0.1) is 0 Å². The molecule has 0 bridgehead atoms. The highest BCUT2D eigenvalue weighted by Crippen LogP contribution is 2.18. The van der Waals surface area contributed by atoms with Gasteiger partial charge in [0.1, 0.15) is 5.82 Å². The van der Waals surface area contributed by atoms with Gasteiger partial charge in [0.15, 0.2) is 5.03 Å². The molecule has 0 aromatic carbocycles. The summed E-state index contributed by atoms with van der Waals surface area (Å²) < 4.78 is 28.5. The van der Waals surface area contributed by atoms with Crippen LogP contribution in [0.1, 0.15) is 12.2 Å². The minimum absolute atomic E-state index is 0.0196. The number of nitrogens with one attached hydrogen (secondary N) is 1. The SMILES string of the molecule is Cc1nc(S(=O)(=O)N2CCCN(C(=O)N3CCNC3=O)CC2)cn1C. The second kappa shape index (κ2) is 6.64. The summed E-state index contributed by atoms with van der Waals surface area (Å²) in [5.74, 6) is 0.616. The van der Waals surface area contributed by atoms with Gasteiger partial charge < -0.3 is 14.8 Å². The first-order chi connectivity index (χ1) is 11.8. The van der Waals surface area contributed by atoms with Crippen molar-refractivity contribution < 1.29 is 18.0 Å². The van der Waals surface area contributed by atoms with Crippen LogP contribution in [0.25, 0.3) is 0 Å². The molecule has 2 aliphatic rings. The lowest BCUT2D eigenvalue weighted by atomic mass is 10.4. The quantitative estimate of drug-likeness (QED) is 0.760. The van der Waals surface area contributed by atoms with Gasteiger partial charge in [0, 0.05) is 52.5 Å². The van der Waals surface area contributed by atoms with E-state index in [1.54, 1.807) is 18.5 Å². The number of imidazole rings is 1. The highest BCUT2D eigenvalue weighted by Gasteiger charge is 2.34. The van der Waals surface area contributed by atoms with E-state index in [1.807, 2.05) is 0 Å². The van der Waals surface area contributed by atoms with E-state index >= 15 is 0 Å². The number of sulfonamides is 1. The maximum Gasteiger partial charge on any atom is 0.328 e. The monoisotopic (exact) mass is 370 g/mol. The second-order valence-electron chi connectivity index (χ2n) is 6.15. The Hall–Kier alpha value is -2.14. The van der Waals surface area contributed by atoms with Crippen molar-refractivity contribution in [3.05, 3.63) is 12.0 Å². The molecule has 2 saturated heterocycles. The van der Waals surface area contributed by atoms with Crippen LogP contribution >= 0.6 is 0 Å². The van der Waals surface area contributed by atoms with E-state index in [0.717, 1.165) is 4.90 Å². The molecule has 10 nitrogen and oxygen atoms in total. The van der Waals surface area contributed by atoms with Crippen LogP contribution in [0.5, 0.6) is 0 Å². The summed E-state index contributed by atoms with van der Waals surface area (Å²) in [6.07, 6.45) is 2.00. The maximum absolute atomic E-state index is 12.8. The van der Waals surface area contributed by atoms with E-state index in [0.29, 0.717) is 38.4 Å². The minimum Gasteiger partial charge on any atom is -0.337 e. The lowest BCUT2D eigenvalue weighted by Gasteiger charge is -2.25. The zero-order valence-corrected chi connectivity index (χ0v) is 15.1. The number of imide groups is 1. The van der Waals surface area contributed by atoms with Gasteiger partial charge in [-0.1, -0.05) is 0 Å². The number of nitrogens with zero attached hydrogens (tertiary/aromatic N) is 5. The summed E-state index contributed by atoms with van der Waals surface area (Å²) in [5, 5.41) is 2.61. The van der Waals surface area contributed by atoms with Crippen molar-refractivity contribution in [2.45, 2.75) is 18.4 Å². The normalized spacial score (nSPS) is 19.8. The molecular weight excluding hydrogens is 348 g/mol. The summed E-state index contributed by atoms with van der Waals surface area (Å²) in [5.41, 5.74) is 0. The van der Waals surface area contributed by atoms with Gasteiger partial charge in [-0.05, 0) is 13.3 Å². The number of amides is 4. The van der Waals surface area contributed by atoms with Crippen LogP contribution < -0.4 is 5.32 Å². The van der Waals surface area contributed by atoms with Gasteiger partial charge in [-0.25, -0.2) is 27.9 Å². The minimum atomic E-state index is -3.70. The second-order valence-corrected chi connectivity index (χ2v) is 8.03. The zero-order chi connectivity index (χ0) is 18.2. The smallest absolute Gasteiger partial charge is 0.328 e. The molecular formula is C14H22N6O4S. The fourth-order valence-electron chi connectivity index (χ4n) is 2.93. The third-order valence-electron chi connectivity index (χ3n) is 4.50. The van der Waals surface area contributed by atoms with Crippen LogP contribution in [-0.2, 0) is 17.1 Å². The molecule has 25 heavy (non-hydrogen) atoms. The van der Waals surface area contributed by atoms with Crippen molar-refractivity contribution >= 4 is 22.1 Å². The molecule has 1 N–H and O–H groups in total. The Morgan fingerprint density at radius 3 is 2.56 bits per heavy atom. The first-order valence-corrected chi connectivity index (χ1v) is 9.59. The largest absolute Gasteiger partial charge is 0.337 e. The number of hydrogen-bond donors (Lipinski definition) is 1. The molecule has 138 valence electrons. The predicted octanol–water partition coefficient (Wildman–Crippen LogP) is -0.430. The topological polar surface area (TPSA) is 108 Å². The molecule has 0 spiro atoms. The Balaban J connectivity index is 1.71. The number of carbonyl (C=O) groups is 2. The molecule has 0 atom stereocenters. The molecule has 11 heteroatoms. The summed E-state index contributed by atoms with van der Waals surface area (Å²) >= 11 is 0. The number of urea groups is 2. The first-order valence-electron chi connectivity index (χ1n) is 8.15. The van der Waals surface area contributed by atoms with E-state index < -0.39 is 16.1 Å². The number of rotatable bonds is 2. The van der Waals surface area contributed by atoms with Gasteiger partial charge in [0.25, 0.3) is 10.0 Å². The predicted molar refractivity (Wildman–Crippen MR) is 88.4 cm³/mol. The van der Waals surface area contributed by atoms with Crippen LogP contribution in [0.4, 0.5) is 9.59 Å². The Bertz CT molecular complexity index is 770. The molecule has 3 rings (SSSR count). The van der Waals surface area contributed by atoms with Crippen molar-refractivity contribution in [2.75, 3.05) is 39.3 Å². The third-order valence-corrected chi connectivity index (χ3v) is 6.27. The Labute approximate surface area is 146 Å². The molecule has 2 aliphatic heterocycles. The molecule has 0 unspecified atom stereocenters. The Morgan fingerprint density at radius 1 is 1.20 bits per heavy atom. The third kappa shape index (κ3) is 3.33. The van der Waals surface area contributed by atoms with Crippen LogP contribution in [0.2, 0.25) is 0 Å². The number of aryl methyl sites for hydroxylation is 2. The molecule has 3 heterocycles. The number of hydrogen-bond acceptors (Lipinski definition) is 5. The number of carbonyl (C=O) groups excluding carboxylic acids is 2. The van der Waals surface area contributed by atoms with E-state index in [2.05, 4.69) is 10.3 Å². The Morgan fingerprint density at radius 2 is 1.96 bits per heavy atom. The first kappa shape index (κ1) is 17.7.